The minimum Gasteiger partial charge on any atom is -0.504 e. The average molecular weight is 700 g/mol. The molecule has 0 amide bonds. The van der Waals surface area contributed by atoms with Crippen LogP contribution >= 0.6 is 27.5 Å². The Labute approximate surface area is 292 Å². The van der Waals surface area contributed by atoms with Crippen LogP contribution in [-0.4, -0.2) is 7.11 Å². The molecule has 0 radical (unpaired) electrons. The van der Waals surface area contributed by atoms with E-state index < -0.39 is 0 Å². The second-order valence-corrected chi connectivity index (χ2v) is 13.5. The van der Waals surface area contributed by atoms with Crippen molar-refractivity contribution in [2.24, 2.45) is 0 Å². The smallest absolute Gasteiger partial charge is 0.0830 e. The molecular formula is C45H28BrClO. The maximum absolute atomic E-state index is 6.60. The number of hydrogen-bond donors (Lipinski definition) is 0. The van der Waals surface area contributed by atoms with Crippen molar-refractivity contribution < 1.29 is 4.74 Å². The lowest BCUT2D eigenvalue weighted by molar-refractivity contribution is 0.341. The molecule has 0 saturated carbocycles. The van der Waals surface area contributed by atoms with Crippen LogP contribution in [0.1, 0.15) is 5.56 Å². The zero-order chi connectivity index (χ0) is 32.4. The van der Waals surface area contributed by atoms with Gasteiger partial charge in [0.2, 0.25) is 0 Å². The Morgan fingerprint density at radius 3 is 1.94 bits per heavy atom. The fraction of sp³-hybridized carbons (Fsp3) is 0.0222. The van der Waals surface area contributed by atoms with Gasteiger partial charge >= 0.3 is 0 Å². The molecule has 0 aromatic heterocycles. The van der Waals surface area contributed by atoms with E-state index in [4.69, 9.17) is 16.3 Å². The van der Waals surface area contributed by atoms with Crippen LogP contribution < -0.4 is 0 Å². The van der Waals surface area contributed by atoms with Crippen molar-refractivity contribution in [1.29, 1.82) is 0 Å². The van der Waals surface area contributed by atoms with Crippen molar-refractivity contribution in [3.05, 3.63) is 161 Å². The first kappa shape index (κ1) is 29.0. The zero-order valence-electron chi connectivity index (χ0n) is 26.1. The molecule has 0 aliphatic heterocycles. The SMILES string of the molecule is CO/C=C\c1cc(Cl)c(Br)cc1-c1ccc2c(-c3ccccc3)c3c(c(-c4ccccc4)c2c1)-c1cccc2c1c-3cc1ccccc12. The van der Waals surface area contributed by atoms with Crippen molar-refractivity contribution in [3.8, 4) is 55.6 Å². The number of fused-ring (bicyclic) bond motifs is 6. The first-order valence-corrected chi connectivity index (χ1v) is 17.2. The standard InChI is InChI=1S/C45H28BrClO/c1-48-22-21-31-25-40(47)39(46)26-36(31)30-19-20-34-37(23-30)42(28-13-6-3-7-14-28)44-35-18-10-17-33-32-16-9-8-15-29(32)24-38(43(33)35)45(44)41(34)27-11-4-2-5-12-27/h2-26H,1H3/b22-21-. The lowest BCUT2D eigenvalue weighted by Gasteiger charge is -2.21. The maximum Gasteiger partial charge on any atom is 0.0830 e. The quantitative estimate of drug-likeness (QED) is 0.128. The molecule has 0 unspecified atom stereocenters. The van der Waals surface area contributed by atoms with Crippen molar-refractivity contribution >= 4 is 65.9 Å². The minimum absolute atomic E-state index is 0.655. The van der Waals surface area contributed by atoms with Gasteiger partial charge in [0.25, 0.3) is 0 Å². The summed E-state index contributed by atoms with van der Waals surface area (Å²) >= 11 is 10.3. The summed E-state index contributed by atoms with van der Waals surface area (Å²) < 4.78 is 6.17. The Balaban J connectivity index is 1.48. The first-order valence-electron chi connectivity index (χ1n) is 16.0. The predicted molar refractivity (Wildman–Crippen MR) is 208 cm³/mol. The summed E-state index contributed by atoms with van der Waals surface area (Å²) in [4.78, 5) is 0. The Kier molecular flexibility index (Phi) is 6.97. The van der Waals surface area contributed by atoms with E-state index in [1.54, 1.807) is 13.4 Å². The van der Waals surface area contributed by atoms with Gasteiger partial charge in [0.05, 0.1) is 18.4 Å². The van der Waals surface area contributed by atoms with Crippen LogP contribution in [0.5, 0.6) is 0 Å². The van der Waals surface area contributed by atoms with Crippen molar-refractivity contribution in [2.75, 3.05) is 7.11 Å². The average Bonchev–Trinajstić information content (AvgIpc) is 3.45. The van der Waals surface area contributed by atoms with Crippen molar-refractivity contribution in [3.63, 3.8) is 0 Å². The molecule has 1 aliphatic carbocycles. The molecule has 8 aromatic carbocycles. The van der Waals surface area contributed by atoms with E-state index in [0.29, 0.717) is 5.02 Å². The van der Waals surface area contributed by atoms with Gasteiger partial charge in [-0.15, -0.1) is 0 Å². The molecule has 0 spiro atoms. The van der Waals surface area contributed by atoms with Gasteiger partial charge in [-0.05, 0) is 140 Å². The third-order valence-corrected chi connectivity index (χ3v) is 10.8. The van der Waals surface area contributed by atoms with Crippen LogP contribution in [0.25, 0.3) is 94.0 Å². The van der Waals surface area contributed by atoms with Crippen LogP contribution in [0.3, 0.4) is 0 Å². The van der Waals surface area contributed by atoms with E-state index >= 15 is 0 Å². The van der Waals surface area contributed by atoms with Gasteiger partial charge in [-0.25, -0.2) is 0 Å². The van der Waals surface area contributed by atoms with Crippen LogP contribution in [-0.2, 0) is 4.74 Å². The number of methoxy groups -OCH3 is 1. The summed E-state index contributed by atoms with van der Waals surface area (Å²) in [5.41, 5.74) is 13.2. The normalized spacial score (nSPS) is 12.0. The summed E-state index contributed by atoms with van der Waals surface area (Å²) in [6.07, 6.45) is 3.66. The Morgan fingerprint density at radius 1 is 0.521 bits per heavy atom. The lowest BCUT2D eigenvalue weighted by atomic mass is 9.81. The van der Waals surface area contributed by atoms with Crippen molar-refractivity contribution in [1.82, 2.24) is 0 Å². The maximum atomic E-state index is 6.60. The molecule has 1 aliphatic rings. The summed E-state index contributed by atoms with van der Waals surface area (Å²) in [7, 11) is 1.66. The Hall–Kier alpha value is -5.15. The predicted octanol–water partition coefficient (Wildman–Crippen LogP) is 13.8. The van der Waals surface area contributed by atoms with E-state index in [0.717, 1.165) is 21.2 Å². The van der Waals surface area contributed by atoms with E-state index in [9.17, 15) is 0 Å². The molecular weight excluding hydrogens is 672 g/mol. The molecule has 0 saturated heterocycles. The Morgan fingerprint density at radius 2 is 1.19 bits per heavy atom. The van der Waals surface area contributed by atoms with Gasteiger partial charge in [0.1, 0.15) is 0 Å². The fourth-order valence-electron chi connectivity index (χ4n) is 7.66. The lowest BCUT2D eigenvalue weighted by Crippen LogP contribution is -1.95. The highest BCUT2D eigenvalue weighted by Gasteiger charge is 2.31. The van der Waals surface area contributed by atoms with Gasteiger partial charge in [-0.1, -0.05) is 127 Å². The van der Waals surface area contributed by atoms with Crippen LogP contribution in [0, 0.1) is 0 Å². The summed E-state index contributed by atoms with van der Waals surface area (Å²) in [6.45, 7) is 0. The van der Waals surface area contributed by atoms with Gasteiger partial charge in [-0.3, -0.25) is 0 Å². The molecule has 0 heterocycles. The molecule has 0 fully saturated rings. The van der Waals surface area contributed by atoms with Gasteiger partial charge in [-0.2, -0.15) is 0 Å². The summed E-state index contributed by atoms with van der Waals surface area (Å²) in [5.74, 6) is 0. The van der Waals surface area contributed by atoms with Crippen LogP contribution in [0.15, 0.2) is 150 Å². The number of benzene rings is 8. The molecule has 1 nitrogen and oxygen atoms in total. The third-order valence-electron chi connectivity index (χ3n) is 9.64. The molecule has 3 heteroatoms. The second kappa shape index (κ2) is 11.5. The number of hydrogen-bond acceptors (Lipinski definition) is 1. The van der Waals surface area contributed by atoms with E-state index in [1.807, 2.05) is 12.1 Å². The summed E-state index contributed by atoms with van der Waals surface area (Å²) in [6, 6.07) is 50.8. The monoisotopic (exact) mass is 698 g/mol. The largest absolute Gasteiger partial charge is 0.504 e. The Bertz CT molecular complexity index is 2600. The molecule has 0 atom stereocenters. The van der Waals surface area contributed by atoms with E-state index in [1.165, 1.54) is 76.8 Å². The van der Waals surface area contributed by atoms with Gasteiger partial charge in [0.15, 0.2) is 0 Å². The number of rotatable bonds is 5. The molecule has 228 valence electrons. The summed E-state index contributed by atoms with van der Waals surface area (Å²) in [5, 5.41) is 8.24. The van der Waals surface area contributed by atoms with Gasteiger partial charge < -0.3 is 4.74 Å². The number of ether oxygens (including phenoxy) is 1. The highest BCUT2D eigenvalue weighted by Crippen LogP contribution is 2.58. The van der Waals surface area contributed by atoms with E-state index in [-0.39, 0.29) is 0 Å². The van der Waals surface area contributed by atoms with E-state index in [2.05, 4.69) is 149 Å². The highest BCUT2D eigenvalue weighted by atomic mass is 79.9. The topological polar surface area (TPSA) is 9.23 Å². The molecule has 0 N–H and O–H groups in total. The molecule has 48 heavy (non-hydrogen) atoms. The minimum atomic E-state index is 0.655. The fourth-order valence-corrected chi connectivity index (χ4v) is 8.18. The van der Waals surface area contributed by atoms with Gasteiger partial charge in [0, 0.05) is 4.47 Å². The molecule has 8 aromatic rings. The second-order valence-electron chi connectivity index (χ2n) is 12.3. The number of halogens is 2. The van der Waals surface area contributed by atoms with Crippen molar-refractivity contribution in [2.45, 2.75) is 0 Å². The molecule has 9 rings (SSSR count). The van der Waals surface area contributed by atoms with Crippen LogP contribution in [0.2, 0.25) is 5.02 Å². The highest BCUT2D eigenvalue weighted by molar-refractivity contribution is 9.10. The zero-order valence-corrected chi connectivity index (χ0v) is 28.4. The van der Waals surface area contributed by atoms with Crippen LogP contribution in [0.4, 0.5) is 0 Å². The third kappa shape index (κ3) is 4.44. The molecule has 0 bridgehead atoms. The first-order chi connectivity index (χ1) is 23.6.